The Hall–Kier alpha value is -2.93. The summed E-state index contributed by atoms with van der Waals surface area (Å²) < 4.78 is 0.880. The molecule has 0 aliphatic carbocycles. The van der Waals surface area contributed by atoms with E-state index < -0.39 is 5.97 Å². The Labute approximate surface area is 128 Å². The number of carboxylic acid groups (broad SMARTS) is 1. The number of rotatable bonds is 3. The third-order valence-electron chi connectivity index (χ3n) is 3.02. The molecular weight excluding hydrogens is 304 g/mol. The zero-order chi connectivity index (χ0) is 15.7. The molecule has 6 nitrogen and oxygen atoms in total. The first-order valence-electron chi connectivity index (χ1n) is 6.25. The number of benzene rings is 2. The van der Waals surface area contributed by atoms with Crippen molar-refractivity contribution in [3.05, 3.63) is 48.0 Å². The minimum atomic E-state index is -1.25. The van der Waals surface area contributed by atoms with E-state index in [1.807, 2.05) is 18.2 Å². The van der Waals surface area contributed by atoms with Crippen LogP contribution in [0.5, 0.6) is 11.5 Å². The first-order chi connectivity index (χ1) is 10.6. The van der Waals surface area contributed by atoms with E-state index >= 15 is 0 Å². The quantitative estimate of drug-likeness (QED) is 0.622. The Balaban J connectivity index is 1.98. The molecule has 110 valence electrons. The molecule has 0 aliphatic rings. The van der Waals surface area contributed by atoms with Crippen LogP contribution in [0.15, 0.2) is 52.7 Å². The average molecular weight is 314 g/mol. The Morgan fingerprint density at radius 1 is 1.05 bits per heavy atom. The van der Waals surface area contributed by atoms with Gasteiger partial charge in [0.1, 0.15) is 11.3 Å². The van der Waals surface area contributed by atoms with Crippen LogP contribution in [0.1, 0.15) is 10.4 Å². The maximum Gasteiger partial charge on any atom is 0.339 e. The maximum atomic E-state index is 10.9. The second kappa shape index (κ2) is 5.45. The number of carbonyl (C=O) groups is 1. The van der Waals surface area contributed by atoms with E-state index in [1.54, 1.807) is 6.07 Å². The Morgan fingerprint density at radius 2 is 1.82 bits per heavy atom. The lowest BCUT2D eigenvalue weighted by Crippen LogP contribution is -1.95. The zero-order valence-corrected chi connectivity index (χ0v) is 11.9. The molecule has 2 aromatic carbocycles. The molecule has 0 saturated carbocycles. The molecule has 1 aromatic heterocycles. The molecule has 0 amide bonds. The monoisotopic (exact) mass is 314 g/mol. The van der Waals surface area contributed by atoms with Crippen LogP contribution in [-0.2, 0) is 0 Å². The summed E-state index contributed by atoms with van der Waals surface area (Å²) in [5.74, 6) is -1.54. The summed E-state index contributed by atoms with van der Waals surface area (Å²) >= 11 is 1.28. The third-order valence-corrected chi connectivity index (χ3v) is 4.06. The van der Waals surface area contributed by atoms with E-state index in [9.17, 15) is 15.0 Å². The van der Waals surface area contributed by atoms with Crippen LogP contribution < -0.4 is 0 Å². The lowest BCUT2D eigenvalue weighted by atomic mass is 10.2. The minimum absolute atomic E-state index is 0.0431. The van der Waals surface area contributed by atoms with E-state index in [1.165, 1.54) is 29.5 Å². The van der Waals surface area contributed by atoms with Gasteiger partial charge in [-0.3, -0.25) is 0 Å². The summed E-state index contributed by atoms with van der Waals surface area (Å²) in [6.45, 7) is 0. The van der Waals surface area contributed by atoms with Crippen molar-refractivity contribution in [1.82, 2.24) is 0 Å². The SMILES string of the molecule is O=C(O)c1cc(N=Nc2sc3ccccc3c2O)ccc1O. The normalized spacial score (nSPS) is 11.3. The number of hydrogen-bond donors (Lipinski definition) is 3. The Kier molecular flexibility index (Phi) is 3.48. The van der Waals surface area contributed by atoms with Crippen LogP contribution in [0.3, 0.4) is 0 Å². The number of carboxylic acids is 1. The van der Waals surface area contributed by atoms with Crippen LogP contribution in [0, 0.1) is 0 Å². The van der Waals surface area contributed by atoms with Crippen molar-refractivity contribution in [2.24, 2.45) is 10.2 Å². The van der Waals surface area contributed by atoms with Crippen LogP contribution >= 0.6 is 11.3 Å². The van der Waals surface area contributed by atoms with Gasteiger partial charge in [0, 0.05) is 10.1 Å². The van der Waals surface area contributed by atoms with Gasteiger partial charge in [-0.2, -0.15) is 0 Å². The number of phenols is 1. The summed E-state index contributed by atoms with van der Waals surface area (Å²) in [6, 6.07) is 11.2. The predicted molar refractivity (Wildman–Crippen MR) is 82.7 cm³/mol. The number of aromatic hydroxyl groups is 2. The van der Waals surface area contributed by atoms with Crippen molar-refractivity contribution in [2.75, 3.05) is 0 Å². The standard InChI is InChI=1S/C15H10N2O4S/c18-11-6-5-8(7-10(11)15(20)21)16-17-14-13(19)9-3-1-2-4-12(9)22-14/h1-7,18-19H,(H,20,21). The molecule has 0 aliphatic heterocycles. The predicted octanol–water partition coefficient (Wildman–Crippen LogP) is 4.43. The fraction of sp³-hybridized carbons (Fsp3) is 0. The number of nitrogens with zero attached hydrogens (tertiary/aromatic N) is 2. The van der Waals surface area contributed by atoms with Crippen LogP contribution in [0.2, 0.25) is 0 Å². The van der Waals surface area contributed by atoms with Crippen molar-refractivity contribution in [1.29, 1.82) is 0 Å². The summed E-state index contributed by atoms with van der Waals surface area (Å²) in [6.07, 6.45) is 0. The van der Waals surface area contributed by atoms with Crippen molar-refractivity contribution in [3.63, 3.8) is 0 Å². The second-order valence-electron chi connectivity index (χ2n) is 4.46. The molecule has 0 saturated heterocycles. The van der Waals surface area contributed by atoms with Gasteiger partial charge < -0.3 is 15.3 Å². The van der Waals surface area contributed by atoms with E-state index in [2.05, 4.69) is 10.2 Å². The molecule has 0 fully saturated rings. The zero-order valence-electron chi connectivity index (χ0n) is 11.1. The van der Waals surface area contributed by atoms with E-state index in [4.69, 9.17) is 5.11 Å². The van der Waals surface area contributed by atoms with Crippen LogP contribution in [-0.4, -0.2) is 21.3 Å². The molecule has 0 radical (unpaired) electrons. The highest BCUT2D eigenvalue weighted by Crippen LogP contribution is 2.43. The summed E-state index contributed by atoms with van der Waals surface area (Å²) in [5, 5.41) is 37.4. The van der Waals surface area contributed by atoms with Gasteiger partial charge in [-0.05, 0) is 30.3 Å². The lowest BCUT2D eigenvalue weighted by Gasteiger charge is -1.99. The first-order valence-corrected chi connectivity index (χ1v) is 7.06. The smallest absolute Gasteiger partial charge is 0.339 e. The topological polar surface area (TPSA) is 102 Å². The highest BCUT2D eigenvalue weighted by molar-refractivity contribution is 7.23. The molecule has 0 unspecified atom stereocenters. The number of thiophene rings is 1. The summed E-state index contributed by atoms with van der Waals surface area (Å²) in [4.78, 5) is 10.9. The van der Waals surface area contributed by atoms with Gasteiger partial charge in [-0.15, -0.1) is 21.6 Å². The highest BCUT2D eigenvalue weighted by Gasteiger charge is 2.12. The largest absolute Gasteiger partial charge is 0.507 e. The van der Waals surface area contributed by atoms with Crippen molar-refractivity contribution < 1.29 is 20.1 Å². The molecule has 7 heteroatoms. The van der Waals surface area contributed by atoms with Gasteiger partial charge >= 0.3 is 5.97 Å². The van der Waals surface area contributed by atoms with Crippen molar-refractivity contribution in [3.8, 4) is 11.5 Å². The highest BCUT2D eigenvalue weighted by atomic mass is 32.1. The summed E-state index contributed by atoms with van der Waals surface area (Å²) in [7, 11) is 0. The van der Waals surface area contributed by atoms with Gasteiger partial charge in [-0.1, -0.05) is 12.1 Å². The van der Waals surface area contributed by atoms with Crippen molar-refractivity contribution >= 4 is 38.1 Å². The van der Waals surface area contributed by atoms with E-state index in [0.29, 0.717) is 10.4 Å². The fourth-order valence-corrected chi connectivity index (χ4v) is 2.87. The molecule has 1 heterocycles. The van der Waals surface area contributed by atoms with Gasteiger partial charge in [0.15, 0.2) is 10.8 Å². The van der Waals surface area contributed by atoms with Crippen molar-refractivity contribution in [2.45, 2.75) is 0 Å². The van der Waals surface area contributed by atoms with Gasteiger partial charge in [-0.25, -0.2) is 4.79 Å². The first kappa shape index (κ1) is 14.0. The third kappa shape index (κ3) is 2.49. The molecule has 3 N–H and O–H groups in total. The van der Waals surface area contributed by atoms with Crippen LogP contribution in [0.25, 0.3) is 10.1 Å². The number of azo groups is 1. The average Bonchev–Trinajstić information content (AvgIpc) is 2.83. The Morgan fingerprint density at radius 3 is 2.55 bits per heavy atom. The van der Waals surface area contributed by atoms with Gasteiger partial charge in [0.2, 0.25) is 0 Å². The molecule has 0 atom stereocenters. The maximum absolute atomic E-state index is 10.9. The fourth-order valence-electron chi connectivity index (χ4n) is 1.95. The van der Waals surface area contributed by atoms with Crippen LogP contribution in [0.4, 0.5) is 10.7 Å². The molecular formula is C15H10N2O4S. The van der Waals surface area contributed by atoms with E-state index in [-0.39, 0.29) is 22.7 Å². The molecule has 3 rings (SSSR count). The molecule has 22 heavy (non-hydrogen) atoms. The lowest BCUT2D eigenvalue weighted by molar-refractivity contribution is 0.0694. The van der Waals surface area contributed by atoms with Gasteiger partial charge in [0.25, 0.3) is 0 Å². The molecule has 0 bridgehead atoms. The van der Waals surface area contributed by atoms with Gasteiger partial charge in [0.05, 0.1) is 5.69 Å². The number of aromatic carboxylic acids is 1. The summed E-state index contributed by atoms with van der Waals surface area (Å²) in [5.41, 5.74) is 0.0177. The van der Waals surface area contributed by atoms with E-state index in [0.717, 1.165) is 4.70 Å². The number of hydrogen-bond acceptors (Lipinski definition) is 6. The molecule has 3 aromatic rings. The second-order valence-corrected chi connectivity index (χ2v) is 5.49. The number of fused-ring (bicyclic) bond motifs is 1. The molecule has 0 spiro atoms. The minimum Gasteiger partial charge on any atom is -0.507 e. The Bertz CT molecular complexity index is 902.